The zero-order chi connectivity index (χ0) is 14.4. The number of carbonyl (C=O) groups is 1. The number of amides is 1. The highest BCUT2D eigenvalue weighted by molar-refractivity contribution is 5.93. The molecule has 20 heavy (non-hydrogen) atoms. The number of benzene rings is 1. The highest BCUT2D eigenvalue weighted by Gasteiger charge is 2.19. The van der Waals surface area contributed by atoms with E-state index in [2.05, 4.69) is 5.32 Å². The Morgan fingerprint density at radius 2 is 2.05 bits per heavy atom. The third-order valence-corrected chi connectivity index (χ3v) is 3.71. The Morgan fingerprint density at radius 1 is 1.40 bits per heavy atom. The first-order valence-corrected chi connectivity index (χ1v) is 7.11. The molecule has 1 aromatic carbocycles. The zero-order valence-electron chi connectivity index (χ0n) is 11.8. The molecule has 1 atom stereocenters. The summed E-state index contributed by atoms with van der Waals surface area (Å²) in [4.78, 5) is 12.0. The van der Waals surface area contributed by atoms with Crippen molar-refractivity contribution < 1.29 is 9.53 Å². The number of hydrogen-bond donors (Lipinski definition) is 1. The molecule has 2 rings (SSSR count). The van der Waals surface area contributed by atoms with E-state index in [1.165, 1.54) is 25.7 Å². The van der Waals surface area contributed by atoms with Crippen LogP contribution in [0.15, 0.2) is 24.3 Å². The molecule has 1 aromatic rings. The number of carbonyl (C=O) groups excluding carboxylic acids is 1. The fraction of sp³-hybridized carbons (Fsp3) is 0.500. The van der Waals surface area contributed by atoms with Crippen LogP contribution in [-0.4, -0.2) is 18.6 Å². The number of nitrogens with zero attached hydrogens (tertiary/aromatic N) is 1. The summed E-state index contributed by atoms with van der Waals surface area (Å²) in [7, 11) is 0. The van der Waals surface area contributed by atoms with E-state index < -0.39 is 6.10 Å². The maximum Gasteiger partial charge on any atom is 0.253 e. The van der Waals surface area contributed by atoms with E-state index in [0.717, 1.165) is 0 Å². The van der Waals surface area contributed by atoms with Crippen molar-refractivity contribution in [1.29, 1.82) is 5.26 Å². The Hall–Kier alpha value is -1.86. The molecule has 0 radical (unpaired) electrons. The summed E-state index contributed by atoms with van der Waals surface area (Å²) in [6.07, 6.45) is 4.53. The first-order valence-electron chi connectivity index (χ1n) is 7.11. The Balaban J connectivity index is 1.79. The smallest absolute Gasteiger partial charge is 0.253 e. The van der Waals surface area contributed by atoms with Crippen LogP contribution in [-0.2, 0) is 9.53 Å². The summed E-state index contributed by atoms with van der Waals surface area (Å²) in [6, 6.07) is 8.85. The third kappa shape index (κ3) is 4.07. The molecule has 1 saturated carbocycles. The van der Waals surface area contributed by atoms with Crippen LogP contribution in [0.5, 0.6) is 0 Å². The molecule has 1 aliphatic carbocycles. The zero-order valence-corrected chi connectivity index (χ0v) is 11.8. The number of anilines is 1. The van der Waals surface area contributed by atoms with Gasteiger partial charge in [-0.1, -0.05) is 12.8 Å². The van der Waals surface area contributed by atoms with E-state index in [4.69, 9.17) is 10.00 Å². The summed E-state index contributed by atoms with van der Waals surface area (Å²) >= 11 is 0. The minimum absolute atomic E-state index is 0.146. The van der Waals surface area contributed by atoms with Gasteiger partial charge in [0.05, 0.1) is 18.2 Å². The predicted octanol–water partition coefficient (Wildman–Crippen LogP) is 3.09. The number of nitrogens with one attached hydrogen (secondary N) is 1. The standard InChI is InChI=1S/C16H20N2O2/c1-12(20-11-14-4-2-3-5-14)16(19)18-15-8-6-13(10-17)7-9-15/h6-9,12,14H,2-5,11H2,1H3,(H,18,19). The topological polar surface area (TPSA) is 62.1 Å². The summed E-state index contributed by atoms with van der Waals surface area (Å²) < 4.78 is 5.64. The number of nitriles is 1. The van der Waals surface area contributed by atoms with Crippen molar-refractivity contribution in [3.63, 3.8) is 0 Å². The highest BCUT2D eigenvalue weighted by atomic mass is 16.5. The van der Waals surface area contributed by atoms with Crippen molar-refractivity contribution in [1.82, 2.24) is 0 Å². The van der Waals surface area contributed by atoms with Crippen LogP contribution in [0.4, 0.5) is 5.69 Å². The van der Waals surface area contributed by atoms with Crippen LogP contribution in [0.3, 0.4) is 0 Å². The molecule has 1 unspecified atom stereocenters. The average molecular weight is 272 g/mol. The van der Waals surface area contributed by atoms with Gasteiger partial charge < -0.3 is 10.1 Å². The van der Waals surface area contributed by atoms with Crippen molar-refractivity contribution in [3.8, 4) is 6.07 Å². The Kier molecular flexibility index (Phi) is 5.14. The van der Waals surface area contributed by atoms with Crippen LogP contribution in [0.2, 0.25) is 0 Å². The number of rotatable bonds is 5. The van der Waals surface area contributed by atoms with Crippen molar-refractivity contribution in [2.45, 2.75) is 38.7 Å². The van der Waals surface area contributed by atoms with Crippen molar-refractivity contribution in [3.05, 3.63) is 29.8 Å². The second-order valence-corrected chi connectivity index (χ2v) is 5.30. The molecule has 4 heteroatoms. The van der Waals surface area contributed by atoms with Gasteiger partial charge in [0.2, 0.25) is 0 Å². The average Bonchev–Trinajstić information content (AvgIpc) is 2.98. The molecule has 1 amide bonds. The molecule has 0 spiro atoms. The largest absolute Gasteiger partial charge is 0.368 e. The van der Waals surface area contributed by atoms with E-state index in [0.29, 0.717) is 23.8 Å². The van der Waals surface area contributed by atoms with Gasteiger partial charge in [-0.3, -0.25) is 4.79 Å². The third-order valence-electron chi connectivity index (χ3n) is 3.71. The van der Waals surface area contributed by atoms with Gasteiger partial charge in [-0.2, -0.15) is 5.26 Å². The van der Waals surface area contributed by atoms with E-state index in [-0.39, 0.29) is 5.91 Å². The molecule has 0 heterocycles. The van der Waals surface area contributed by atoms with Crippen LogP contribution in [0.1, 0.15) is 38.2 Å². The fourth-order valence-electron chi connectivity index (χ4n) is 2.41. The SMILES string of the molecule is CC(OCC1CCCC1)C(=O)Nc1ccc(C#N)cc1. The number of ether oxygens (including phenoxy) is 1. The van der Waals surface area contributed by atoms with Gasteiger partial charge in [0, 0.05) is 5.69 Å². The molecule has 1 aliphatic rings. The molecule has 106 valence electrons. The van der Waals surface area contributed by atoms with Crippen LogP contribution < -0.4 is 5.32 Å². The van der Waals surface area contributed by atoms with E-state index in [1.54, 1.807) is 31.2 Å². The Morgan fingerprint density at radius 3 is 2.65 bits per heavy atom. The van der Waals surface area contributed by atoms with Gasteiger partial charge in [-0.25, -0.2) is 0 Å². The van der Waals surface area contributed by atoms with Gasteiger partial charge in [0.15, 0.2) is 0 Å². The Bertz CT molecular complexity index is 484. The van der Waals surface area contributed by atoms with Crippen molar-refractivity contribution >= 4 is 11.6 Å². The van der Waals surface area contributed by atoms with Gasteiger partial charge >= 0.3 is 0 Å². The first kappa shape index (κ1) is 14.5. The monoisotopic (exact) mass is 272 g/mol. The molecular weight excluding hydrogens is 252 g/mol. The lowest BCUT2D eigenvalue weighted by Gasteiger charge is -2.16. The summed E-state index contributed by atoms with van der Waals surface area (Å²) in [5.41, 5.74) is 1.26. The minimum Gasteiger partial charge on any atom is -0.368 e. The number of hydrogen-bond acceptors (Lipinski definition) is 3. The minimum atomic E-state index is -0.453. The van der Waals surface area contributed by atoms with Gasteiger partial charge in [0.25, 0.3) is 5.91 Å². The van der Waals surface area contributed by atoms with Crippen LogP contribution in [0.25, 0.3) is 0 Å². The maximum absolute atomic E-state index is 12.0. The first-order chi connectivity index (χ1) is 9.69. The van der Waals surface area contributed by atoms with Crippen molar-refractivity contribution in [2.24, 2.45) is 5.92 Å². The van der Waals surface area contributed by atoms with Gasteiger partial charge in [-0.05, 0) is 49.9 Å². The maximum atomic E-state index is 12.0. The Labute approximate surface area is 119 Å². The van der Waals surface area contributed by atoms with E-state index in [9.17, 15) is 4.79 Å². The molecule has 0 aromatic heterocycles. The fourth-order valence-corrected chi connectivity index (χ4v) is 2.41. The lowest BCUT2D eigenvalue weighted by molar-refractivity contribution is -0.127. The second-order valence-electron chi connectivity index (χ2n) is 5.30. The second kappa shape index (κ2) is 7.06. The van der Waals surface area contributed by atoms with Crippen LogP contribution >= 0.6 is 0 Å². The summed E-state index contributed by atoms with van der Waals surface area (Å²) in [5.74, 6) is 0.466. The van der Waals surface area contributed by atoms with Gasteiger partial charge in [-0.15, -0.1) is 0 Å². The predicted molar refractivity (Wildman–Crippen MR) is 77.2 cm³/mol. The molecule has 4 nitrogen and oxygen atoms in total. The quantitative estimate of drug-likeness (QED) is 0.896. The van der Waals surface area contributed by atoms with Crippen molar-refractivity contribution in [2.75, 3.05) is 11.9 Å². The molecule has 0 bridgehead atoms. The molecule has 1 fully saturated rings. The molecule has 0 saturated heterocycles. The highest BCUT2D eigenvalue weighted by Crippen LogP contribution is 2.25. The molecular formula is C16H20N2O2. The lowest BCUT2D eigenvalue weighted by Crippen LogP contribution is -2.29. The summed E-state index contributed by atoms with van der Waals surface area (Å²) in [6.45, 7) is 2.44. The van der Waals surface area contributed by atoms with E-state index in [1.807, 2.05) is 6.07 Å². The van der Waals surface area contributed by atoms with Gasteiger partial charge in [0.1, 0.15) is 6.10 Å². The lowest BCUT2D eigenvalue weighted by atomic mass is 10.1. The van der Waals surface area contributed by atoms with E-state index >= 15 is 0 Å². The summed E-state index contributed by atoms with van der Waals surface area (Å²) in [5, 5.41) is 11.5. The molecule has 1 N–H and O–H groups in total. The molecule has 0 aliphatic heterocycles. The normalized spacial score (nSPS) is 16.6. The van der Waals surface area contributed by atoms with Crippen LogP contribution in [0, 0.1) is 17.2 Å².